The van der Waals surface area contributed by atoms with Crippen LogP contribution < -0.4 is 5.56 Å². The van der Waals surface area contributed by atoms with E-state index in [1.807, 2.05) is 0 Å². The lowest BCUT2D eigenvalue weighted by Gasteiger charge is -2.20. The molecule has 0 saturated carbocycles. The maximum Gasteiger partial charge on any atom is 0.258 e. The minimum atomic E-state index is -3.75. The third kappa shape index (κ3) is 3.58. The first kappa shape index (κ1) is 17.6. The highest BCUT2D eigenvalue weighted by atomic mass is 35.5. The van der Waals surface area contributed by atoms with E-state index < -0.39 is 10.0 Å². The highest BCUT2D eigenvalue weighted by Crippen LogP contribution is 2.20. The smallest absolute Gasteiger partial charge is 0.258 e. The molecule has 0 spiro atoms. The zero-order valence-electron chi connectivity index (χ0n) is 13.4. The van der Waals surface area contributed by atoms with Crippen LogP contribution in [-0.4, -0.2) is 29.2 Å². The molecule has 130 valence electrons. The predicted octanol–water partition coefficient (Wildman–Crippen LogP) is 2.79. The van der Waals surface area contributed by atoms with Crippen molar-refractivity contribution in [1.82, 2.24) is 14.3 Å². The summed E-state index contributed by atoms with van der Waals surface area (Å²) in [6.45, 7) is 1.91. The lowest BCUT2D eigenvalue weighted by Crippen LogP contribution is -2.32. The SMILES string of the molecule is CCN(Cc1nc2ccccc2c(=O)[nH]1)S(=O)(=O)c1cccc(Cl)c1. The van der Waals surface area contributed by atoms with E-state index in [1.165, 1.54) is 16.4 Å². The van der Waals surface area contributed by atoms with E-state index in [0.29, 0.717) is 15.9 Å². The second-order valence-electron chi connectivity index (χ2n) is 5.42. The van der Waals surface area contributed by atoms with E-state index >= 15 is 0 Å². The van der Waals surface area contributed by atoms with Gasteiger partial charge < -0.3 is 4.98 Å². The van der Waals surface area contributed by atoms with Gasteiger partial charge in [0.25, 0.3) is 5.56 Å². The topological polar surface area (TPSA) is 83.1 Å². The molecule has 0 unspecified atom stereocenters. The van der Waals surface area contributed by atoms with Crippen LogP contribution in [0.3, 0.4) is 0 Å². The Morgan fingerprint density at radius 2 is 1.92 bits per heavy atom. The Hall–Kier alpha value is -2.22. The highest BCUT2D eigenvalue weighted by Gasteiger charge is 2.24. The van der Waals surface area contributed by atoms with Gasteiger partial charge in [0.2, 0.25) is 10.0 Å². The summed E-state index contributed by atoms with van der Waals surface area (Å²) >= 11 is 5.90. The molecule has 0 aliphatic rings. The molecule has 0 fully saturated rings. The molecule has 0 radical (unpaired) electrons. The molecule has 2 aromatic carbocycles. The summed E-state index contributed by atoms with van der Waals surface area (Å²) in [4.78, 5) is 19.3. The summed E-state index contributed by atoms with van der Waals surface area (Å²) in [5, 5.41) is 0.807. The Bertz CT molecular complexity index is 1080. The zero-order valence-corrected chi connectivity index (χ0v) is 15.0. The summed E-state index contributed by atoms with van der Waals surface area (Å²) in [6.07, 6.45) is 0. The summed E-state index contributed by atoms with van der Waals surface area (Å²) in [5.74, 6) is 0.288. The van der Waals surface area contributed by atoms with Gasteiger partial charge in [-0.1, -0.05) is 36.7 Å². The Labute approximate surface area is 150 Å². The average molecular weight is 378 g/mol. The molecule has 3 aromatic rings. The van der Waals surface area contributed by atoms with Gasteiger partial charge in [-0.15, -0.1) is 0 Å². The number of nitrogens with one attached hydrogen (secondary N) is 1. The van der Waals surface area contributed by atoms with Crippen molar-refractivity contribution in [3.63, 3.8) is 0 Å². The number of rotatable bonds is 5. The number of hydrogen-bond acceptors (Lipinski definition) is 4. The van der Waals surface area contributed by atoms with Crippen LogP contribution in [0.1, 0.15) is 12.7 Å². The molecule has 0 atom stereocenters. The molecule has 6 nitrogen and oxygen atoms in total. The molecule has 0 saturated heterocycles. The quantitative estimate of drug-likeness (QED) is 0.741. The van der Waals surface area contributed by atoms with E-state index in [2.05, 4.69) is 9.97 Å². The molecule has 1 heterocycles. The fourth-order valence-corrected chi connectivity index (χ4v) is 4.23. The summed E-state index contributed by atoms with van der Waals surface area (Å²) < 4.78 is 26.9. The van der Waals surface area contributed by atoms with Crippen molar-refractivity contribution < 1.29 is 8.42 Å². The average Bonchev–Trinajstić information content (AvgIpc) is 2.59. The maximum absolute atomic E-state index is 12.8. The van der Waals surface area contributed by atoms with Gasteiger partial charge in [0.1, 0.15) is 5.82 Å². The second kappa shape index (κ2) is 6.95. The number of aromatic amines is 1. The first-order valence-electron chi connectivity index (χ1n) is 7.65. The molecule has 0 aliphatic carbocycles. The van der Waals surface area contributed by atoms with Crippen LogP contribution in [-0.2, 0) is 16.6 Å². The highest BCUT2D eigenvalue weighted by molar-refractivity contribution is 7.89. The fourth-order valence-electron chi connectivity index (χ4n) is 2.52. The Morgan fingerprint density at radius 1 is 1.16 bits per heavy atom. The lowest BCUT2D eigenvalue weighted by molar-refractivity contribution is 0.414. The summed E-state index contributed by atoms with van der Waals surface area (Å²) in [5.41, 5.74) is 0.231. The zero-order chi connectivity index (χ0) is 18.0. The van der Waals surface area contributed by atoms with Crippen molar-refractivity contribution in [2.24, 2.45) is 0 Å². The number of para-hydroxylation sites is 1. The third-order valence-electron chi connectivity index (χ3n) is 3.77. The summed E-state index contributed by atoms with van der Waals surface area (Å²) in [7, 11) is -3.75. The van der Waals surface area contributed by atoms with Gasteiger partial charge in [0.05, 0.1) is 22.3 Å². The van der Waals surface area contributed by atoms with Crippen molar-refractivity contribution in [2.45, 2.75) is 18.4 Å². The molecule has 1 N–H and O–H groups in total. The molecule has 0 bridgehead atoms. The van der Waals surface area contributed by atoms with Gasteiger partial charge in [-0.2, -0.15) is 4.31 Å². The second-order valence-corrected chi connectivity index (χ2v) is 7.79. The van der Waals surface area contributed by atoms with Crippen LogP contribution >= 0.6 is 11.6 Å². The van der Waals surface area contributed by atoms with Gasteiger partial charge in [-0.25, -0.2) is 13.4 Å². The van der Waals surface area contributed by atoms with Crippen molar-refractivity contribution in [2.75, 3.05) is 6.54 Å². The van der Waals surface area contributed by atoms with E-state index in [-0.39, 0.29) is 29.4 Å². The number of hydrogen-bond donors (Lipinski definition) is 1. The van der Waals surface area contributed by atoms with Gasteiger partial charge in [-0.3, -0.25) is 4.79 Å². The Balaban J connectivity index is 1.99. The predicted molar refractivity (Wildman–Crippen MR) is 97.1 cm³/mol. The van der Waals surface area contributed by atoms with Crippen LogP contribution in [0.15, 0.2) is 58.2 Å². The molecule has 8 heteroatoms. The minimum absolute atomic E-state index is 0.0363. The van der Waals surface area contributed by atoms with Crippen LogP contribution in [0.2, 0.25) is 5.02 Å². The number of benzene rings is 2. The van der Waals surface area contributed by atoms with Gasteiger partial charge in [-0.05, 0) is 30.3 Å². The molecular formula is C17H16ClN3O3S. The number of nitrogens with zero attached hydrogens (tertiary/aromatic N) is 2. The maximum atomic E-state index is 12.8. The van der Waals surface area contributed by atoms with Crippen LogP contribution in [0.4, 0.5) is 0 Å². The van der Waals surface area contributed by atoms with Crippen molar-refractivity contribution in [1.29, 1.82) is 0 Å². The van der Waals surface area contributed by atoms with Gasteiger partial charge >= 0.3 is 0 Å². The number of halogens is 1. The fraction of sp³-hybridized carbons (Fsp3) is 0.176. The first-order valence-corrected chi connectivity index (χ1v) is 9.47. The molecule has 3 rings (SSSR count). The molecule has 25 heavy (non-hydrogen) atoms. The molecule has 1 aromatic heterocycles. The standard InChI is InChI=1S/C17H16ClN3O3S/c1-2-21(25(23,24)13-7-5-6-12(18)10-13)11-16-19-15-9-4-3-8-14(15)17(22)20-16/h3-10H,2,11H2,1H3,(H,19,20,22). The summed E-state index contributed by atoms with van der Waals surface area (Å²) in [6, 6.07) is 13.0. The van der Waals surface area contributed by atoms with Crippen LogP contribution in [0.5, 0.6) is 0 Å². The van der Waals surface area contributed by atoms with Crippen LogP contribution in [0, 0.1) is 0 Å². The van der Waals surface area contributed by atoms with Crippen molar-refractivity contribution >= 4 is 32.5 Å². The number of fused-ring (bicyclic) bond motifs is 1. The number of aromatic nitrogens is 2. The van der Waals surface area contributed by atoms with Gasteiger partial charge in [0.15, 0.2) is 0 Å². The Kier molecular flexibility index (Phi) is 4.89. The molecular weight excluding hydrogens is 362 g/mol. The van der Waals surface area contributed by atoms with E-state index in [9.17, 15) is 13.2 Å². The van der Waals surface area contributed by atoms with E-state index in [0.717, 1.165) is 0 Å². The third-order valence-corrected chi connectivity index (χ3v) is 5.93. The Morgan fingerprint density at radius 3 is 2.64 bits per heavy atom. The number of sulfonamides is 1. The number of H-pyrrole nitrogens is 1. The molecule has 0 amide bonds. The van der Waals surface area contributed by atoms with Crippen LogP contribution in [0.25, 0.3) is 10.9 Å². The normalized spacial score (nSPS) is 12.0. The van der Waals surface area contributed by atoms with Gasteiger partial charge in [0, 0.05) is 11.6 Å². The van der Waals surface area contributed by atoms with E-state index in [4.69, 9.17) is 11.6 Å². The monoisotopic (exact) mass is 377 g/mol. The van der Waals surface area contributed by atoms with Crippen molar-refractivity contribution in [3.8, 4) is 0 Å². The van der Waals surface area contributed by atoms with E-state index in [1.54, 1.807) is 43.3 Å². The first-order chi connectivity index (χ1) is 11.9. The molecule has 0 aliphatic heterocycles. The minimum Gasteiger partial charge on any atom is -0.309 e. The van der Waals surface area contributed by atoms with Crippen molar-refractivity contribution in [3.05, 3.63) is 69.7 Å². The lowest BCUT2D eigenvalue weighted by atomic mass is 10.2. The largest absolute Gasteiger partial charge is 0.309 e.